The van der Waals surface area contributed by atoms with E-state index in [0.29, 0.717) is 15.6 Å². The number of benzene rings is 1. The number of aliphatic carboxylic acids is 1. The summed E-state index contributed by atoms with van der Waals surface area (Å²) < 4.78 is 11.3. The van der Waals surface area contributed by atoms with Gasteiger partial charge in [0.15, 0.2) is 5.13 Å². The van der Waals surface area contributed by atoms with Gasteiger partial charge >= 0.3 is 12.0 Å². The summed E-state index contributed by atoms with van der Waals surface area (Å²) in [7, 11) is 0. The maximum Gasteiger partial charge on any atom is 0.345 e. The fraction of sp³-hybridized carbons (Fsp3) is 0. The van der Waals surface area contributed by atoms with Gasteiger partial charge in [0.25, 0.3) is 0 Å². The van der Waals surface area contributed by atoms with Gasteiger partial charge in [-0.2, -0.15) is 0 Å². The minimum absolute atomic E-state index is 0.128. The summed E-state index contributed by atoms with van der Waals surface area (Å²) >= 11 is 23.9. The molecule has 122 valence electrons. The second-order valence-electron chi connectivity index (χ2n) is 4.11. The first-order chi connectivity index (χ1) is 10.7. The van der Waals surface area contributed by atoms with E-state index in [0.717, 1.165) is 11.3 Å². The zero-order chi connectivity index (χ0) is 17.2. The third-order valence-corrected chi connectivity index (χ3v) is 5.07. The van der Waals surface area contributed by atoms with Crippen LogP contribution in [0.15, 0.2) is 23.6 Å². The van der Waals surface area contributed by atoms with Crippen LogP contribution in [0.5, 0.6) is 0 Å². The Kier molecular flexibility index (Phi) is 6.00. The highest BCUT2D eigenvalue weighted by Gasteiger charge is 2.19. The summed E-state index contributed by atoms with van der Waals surface area (Å²) in [6, 6.07) is 4.82. The number of hydrogen-bond donors (Lipinski definition) is 2. The van der Waals surface area contributed by atoms with Gasteiger partial charge in [-0.25, -0.2) is 9.78 Å². The smallest absolute Gasteiger partial charge is 0.345 e. The molecular formula is C12H7Cl4N2O3PS. The van der Waals surface area contributed by atoms with Gasteiger partial charge in [0.1, 0.15) is 0 Å². The predicted molar refractivity (Wildman–Crippen MR) is 97.0 cm³/mol. The number of rotatable bonds is 5. The van der Waals surface area contributed by atoms with Crippen molar-refractivity contribution in [3.8, 4) is 0 Å². The maximum atomic E-state index is 11.5. The Morgan fingerprint density at radius 2 is 1.91 bits per heavy atom. The molecule has 0 spiro atoms. The van der Waals surface area contributed by atoms with Crippen molar-refractivity contribution in [2.75, 3.05) is 5.09 Å². The number of aromatic nitrogens is 1. The number of thiazole rings is 1. The molecule has 0 amide bonds. The summed E-state index contributed by atoms with van der Waals surface area (Å²) in [5.74, 6) is -4.80. The topological polar surface area (TPSA) is 79.3 Å². The summed E-state index contributed by atoms with van der Waals surface area (Å²) in [6.45, 7) is 0. The number of carboxylic acids is 1. The molecule has 1 aromatic heterocycles. The molecule has 0 fully saturated rings. The SMILES string of the molecule is O=C(O)C(=Cc1c(Cl)cccc1Cl)c1csc(NP(=O)(Cl)Cl)n1. The van der Waals surface area contributed by atoms with E-state index in [1.165, 1.54) is 11.5 Å². The standard InChI is InChI=1S/C12H7Cl4N2O3PS/c13-8-2-1-3-9(14)6(8)4-7(11(19)20)10-5-23-12(17-10)18-22(15,16)21/h1-5H,(H,19,20)(H,17,18,21). The Morgan fingerprint density at radius 3 is 2.43 bits per heavy atom. The Labute approximate surface area is 154 Å². The van der Waals surface area contributed by atoms with E-state index in [9.17, 15) is 14.5 Å². The van der Waals surface area contributed by atoms with Crippen LogP contribution < -0.4 is 5.09 Å². The molecule has 23 heavy (non-hydrogen) atoms. The molecule has 0 bridgehead atoms. The number of anilines is 1. The minimum Gasteiger partial charge on any atom is -0.478 e. The number of nitrogens with zero attached hydrogens (tertiary/aromatic N) is 1. The van der Waals surface area contributed by atoms with E-state index in [1.807, 2.05) is 0 Å². The molecule has 0 atom stereocenters. The Morgan fingerprint density at radius 1 is 1.30 bits per heavy atom. The van der Waals surface area contributed by atoms with Gasteiger partial charge in [0, 0.05) is 21.0 Å². The number of carboxylic acid groups (broad SMARTS) is 1. The fourth-order valence-corrected chi connectivity index (χ4v) is 4.31. The monoisotopic (exact) mass is 430 g/mol. The minimum atomic E-state index is -3.58. The molecule has 1 heterocycles. The Hall–Kier alpha value is -0.750. The molecule has 0 aliphatic rings. The molecule has 0 aliphatic heterocycles. The molecule has 0 radical (unpaired) electrons. The zero-order valence-electron chi connectivity index (χ0n) is 11.0. The van der Waals surface area contributed by atoms with Gasteiger partial charge in [-0.3, -0.25) is 9.65 Å². The first-order valence-corrected chi connectivity index (χ1v) is 10.9. The van der Waals surface area contributed by atoms with Crippen LogP contribution in [0.4, 0.5) is 5.13 Å². The van der Waals surface area contributed by atoms with Gasteiger partial charge in [0.2, 0.25) is 0 Å². The average molecular weight is 432 g/mol. The normalized spacial score (nSPS) is 12.3. The third-order valence-electron chi connectivity index (χ3n) is 2.52. The van der Waals surface area contributed by atoms with Crippen LogP contribution in [0.25, 0.3) is 11.6 Å². The lowest BCUT2D eigenvalue weighted by atomic mass is 10.1. The molecule has 0 aliphatic carbocycles. The van der Waals surface area contributed by atoms with Gasteiger partial charge in [0.05, 0.1) is 11.3 Å². The number of halogens is 4. The first-order valence-electron chi connectivity index (χ1n) is 5.80. The summed E-state index contributed by atoms with van der Waals surface area (Å²) in [6.07, 6.45) is 1.31. The fourth-order valence-electron chi connectivity index (χ4n) is 1.60. The lowest BCUT2D eigenvalue weighted by Gasteiger charge is -2.04. The van der Waals surface area contributed by atoms with Crippen molar-refractivity contribution in [1.29, 1.82) is 0 Å². The van der Waals surface area contributed by atoms with Crippen molar-refractivity contribution in [3.05, 3.63) is 44.9 Å². The summed E-state index contributed by atoms with van der Waals surface area (Å²) in [5.41, 5.74) is 0.349. The molecule has 5 nitrogen and oxygen atoms in total. The Balaban J connectivity index is 2.46. The van der Waals surface area contributed by atoms with Crippen LogP contribution in [0.2, 0.25) is 10.0 Å². The zero-order valence-corrected chi connectivity index (χ0v) is 15.7. The number of nitrogens with one attached hydrogen (secondary N) is 1. The Bertz CT molecular complexity index is 813. The van der Waals surface area contributed by atoms with Gasteiger partial charge in [-0.1, -0.05) is 29.3 Å². The van der Waals surface area contributed by atoms with Gasteiger partial charge < -0.3 is 5.11 Å². The molecule has 0 saturated carbocycles. The van der Waals surface area contributed by atoms with Crippen molar-refractivity contribution in [2.45, 2.75) is 0 Å². The van der Waals surface area contributed by atoms with Crippen molar-refractivity contribution < 1.29 is 14.5 Å². The number of hydrogen-bond acceptors (Lipinski definition) is 4. The van der Waals surface area contributed by atoms with Crippen LogP contribution in [0.1, 0.15) is 11.3 Å². The molecule has 1 aromatic carbocycles. The van der Waals surface area contributed by atoms with Crippen LogP contribution in [0, 0.1) is 0 Å². The lowest BCUT2D eigenvalue weighted by Crippen LogP contribution is -2.00. The molecule has 0 unspecified atom stereocenters. The van der Waals surface area contributed by atoms with Crippen molar-refractivity contribution in [1.82, 2.24) is 4.98 Å². The van der Waals surface area contributed by atoms with E-state index in [-0.39, 0.29) is 16.4 Å². The van der Waals surface area contributed by atoms with E-state index < -0.39 is 12.0 Å². The highest BCUT2D eigenvalue weighted by molar-refractivity contribution is 8.09. The van der Waals surface area contributed by atoms with E-state index in [1.54, 1.807) is 18.2 Å². The van der Waals surface area contributed by atoms with Crippen molar-refractivity contribution in [2.24, 2.45) is 0 Å². The van der Waals surface area contributed by atoms with Crippen LogP contribution in [-0.4, -0.2) is 16.1 Å². The highest BCUT2D eigenvalue weighted by Crippen LogP contribution is 2.56. The third kappa shape index (κ3) is 5.11. The van der Waals surface area contributed by atoms with E-state index in [4.69, 9.17) is 45.7 Å². The van der Waals surface area contributed by atoms with E-state index >= 15 is 0 Å². The molecular weight excluding hydrogens is 425 g/mol. The van der Waals surface area contributed by atoms with Crippen LogP contribution in [-0.2, 0) is 9.36 Å². The second-order valence-corrected chi connectivity index (χ2v) is 10.3. The van der Waals surface area contributed by atoms with Gasteiger partial charge in [-0.15, -0.1) is 11.3 Å². The molecule has 2 aromatic rings. The largest absolute Gasteiger partial charge is 0.478 e. The van der Waals surface area contributed by atoms with Crippen molar-refractivity contribution >= 4 is 85.8 Å². The van der Waals surface area contributed by atoms with Crippen LogP contribution >= 0.6 is 63.0 Å². The van der Waals surface area contributed by atoms with Crippen LogP contribution in [0.3, 0.4) is 0 Å². The molecule has 2 N–H and O–H groups in total. The van der Waals surface area contributed by atoms with Crippen molar-refractivity contribution in [3.63, 3.8) is 0 Å². The second kappa shape index (κ2) is 7.43. The summed E-state index contributed by atoms with van der Waals surface area (Å²) in [5, 5.41) is 13.9. The predicted octanol–water partition coefficient (Wildman–Crippen LogP) is 6.07. The molecule has 11 heteroatoms. The molecule has 0 saturated heterocycles. The summed E-state index contributed by atoms with van der Waals surface area (Å²) in [4.78, 5) is 15.5. The van der Waals surface area contributed by atoms with Gasteiger partial charge in [-0.05, 0) is 40.7 Å². The lowest BCUT2D eigenvalue weighted by molar-refractivity contribution is -0.130. The first kappa shape index (κ1) is 18.6. The molecule has 2 rings (SSSR count). The average Bonchev–Trinajstić information content (AvgIpc) is 2.83. The maximum absolute atomic E-state index is 11.5. The quantitative estimate of drug-likeness (QED) is 0.443. The number of carbonyl (C=O) groups is 1. The highest BCUT2D eigenvalue weighted by atomic mass is 35.9. The van der Waals surface area contributed by atoms with E-state index in [2.05, 4.69) is 10.1 Å².